The first-order valence-corrected chi connectivity index (χ1v) is 7.08. The molecule has 0 spiro atoms. The van der Waals surface area contributed by atoms with Crippen LogP contribution < -0.4 is 10.6 Å². The summed E-state index contributed by atoms with van der Waals surface area (Å²) >= 11 is 0. The average molecular weight is 280 g/mol. The van der Waals surface area contributed by atoms with Crippen LogP contribution in [0.4, 0.5) is 9.18 Å². The van der Waals surface area contributed by atoms with Gasteiger partial charge in [0.1, 0.15) is 5.82 Å². The predicted molar refractivity (Wildman–Crippen MR) is 75.0 cm³/mol. The van der Waals surface area contributed by atoms with Crippen molar-refractivity contribution < 1.29 is 14.3 Å². The van der Waals surface area contributed by atoms with Gasteiger partial charge in [-0.15, -0.1) is 0 Å². The van der Waals surface area contributed by atoms with Gasteiger partial charge in [-0.2, -0.15) is 0 Å². The van der Waals surface area contributed by atoms with Gasteiger partial charge in [0.05, 0.1) is 6.10 Å². The van der Waals surface area contributed by atoms with Crippen LogP contribution in [0.2, 0.25) is 0 Å². The minimum Gasteiger partial charge on any atom is -0.393 e. The number of benzene rings is 1. The molecule has 0 heterocycles. The first-order chi connectivity index (χ1) is 9.61. The standard InChI is InChI=1S/C15H21FN2O2/c1-2-10(19)7-8-17-15(20)18-14-9-12(14)11-5-3-4-6-13(11)16/h3-6,10,12,14,19H,2,7-9H2,1H3,(H2,17,18,20). The van der Waals surface area contributed by atoms with E-state index in [0.717, 1.165) is 6.42 Å². The number of rotatable bonds is 6. The fraction of sp³-hybridized carbons (Fsp3) is 0.533. The minimum absolute atomic E-state index is 0.00278. The number of carbonyl (C=O) groups is 1. The Morgan fingerprint density at radius 2 is 2.25 bits per heavy atom. The van der Waals surface area contributed by atoms with E-state index in [2.05, 4.69) is 10.6 Å². The number of amides is 2. The van der Waals surface area contributed by atoms with Crippen molar-refractivity contribution in [1.82, 2.24) is 10.6 Å². The molecule has 0 bridgehead atoms. The van der Waals surface area contributed by atoms with E-state index in [9.17, 15) is 14.3 Å². The van der Waals surface area contributed by atoms with Gasteiger partial charge in [-0.05, 0) is 30.9 Å². The maximum atomic E-state index is 13.6. The van der Waals surface area contributed by atoms with Gasteiger partial charge in [0.25, 0.3) is 0 Å². The lowest BCUT2D eigenvalue weighted by Gasteiger charge is -2.10. The zero-order valence-electron chi connectivity index (χ0n) is 11.6. The second-order valence-electron chi connectivity index (χ2n) is 5.22. The summed E-state index contributed by atoms with van der Waals surface area (Å²) in [5, 5.41) is 14.9. The molecule has 5 heteroatoms. The summed E-state index contributed by atoms with van der Waals surface area (Å²) < 4.78 is 13.6. The number of urea groups is 1. The molecule has 1 aromatic rings. The first-order valence-electron chi connectivity index (χ1n) is 7.08. The van der Waals surface area contributed by atoms with Crippen molar-refractivity contribution in [2.24, 2.45) is 0 Å². The van der Waals surface area contributed by atoms with Gasteiger partial charge >= 0.3 is 6.03 Å². The Labute approximate surface area is 118 Å². The number of hydrogen-bond acceptors (Lipinski definition) is 2. The van der Waals surface area contributed by atoms with Crippen molar-refractivity contribution in [3.63, 3.8) is 0 Å². The van der Waals surface area contributed by atoms with Crippen LogP contribution in [-0.2, 0) is 0 Å². The average Bonchev–Trinajstić information content (AvgIpc) is 3.18. The topological polar surface area (TPSA) is 61.4 Å². The van der Waals surface area contributed by atoms with E-state index in [0.29, 0.717) is 24.9 Å². The number of hydrogen-bond donors (Lipinski definition) is 3. The smallest absolute Gasteiger partial charge is 0.315 e. The highest BCUT2D eigenvalue weighted by Gasteiger charge is 2.40. The molecule has 0 aliphatic heterocycles. The van der Waals surface area contributed by atoms with Crippen molar-refractivity contribution in [1.29, 1.82) is 0 Å². The lowest BCUT2D eigenvalue weighted by atomic mass is 10.1. The van der Waals surface area contributed by atoms with Crippen LogP contribution in [0.3, 0.4) is 0 Å². The van der Waals surface area contributed by atoms with Gasteiger partial charge < -0.3 is 15.7 Å². The van der Waals surface area contributed by atoms with Gasteiger partial charge in [-0.25, -0.2) is 9.18 Å². The van der Waals surface area contributed by atoms with E-state index in [4.69, 9.17) is 0 Å². The van der Waals surface area contributed by atoms with Crippen LogP contribution in [0, 0.1) is 5.82 Å². The molecule has 20 heavy (non-hydrogen) atoms. The van der Waals surface area contributed by atoms with Crippen LogP contribution in [0.15, 0.2) is 24.3 Å². The van der Waals surface area contributed by atoms with E-state index in [1.165, 1.54) is 6.07 Å². The molecule has 1 fully saturated rings. The van der Waals surface area contributed by atoms with Crippen LogP contribution >= 0.6 is 0 Å². The second-order valence-corrected chi connectivity index (χ2v) is 5.22. The van der Waals surface area contributed by atoms with Gasteiger partial charge in [-0.1, -0.05) is 25.1 Å². The summed E-state index contributed by atoms with van der Waals surface area (Å²) in [6.07, 6.45) is 1.63. The minimum atomic E-state index is -0.373. The number of aliphatic hydroxyl groups is 1. The summed E-state index contributed by atoms with van der Waals surface area (Å²) in [7, 11) is 0. The number of halogens is 1. The van der Waals surface area contributed by atoms with E-state index < -0.39 is 0 Å². The van der Waals surface area contributed by atoms with Crippen molar-refractivity contribution >= 4 is 6.03 Å². The summed E-state index contributed by atoms with van der Waals surface area (Å²) in [6, 6.07) is 6.42. The molecular formula is C15H21FN2O2. The third-order valence-electron chi connectivity index (χ3n) is 3.65. The van der Waals surface area contributed by atoms with Crippen molar-refractivity contribution in [3.8, 4) is 0 Å². The molecule has 2 amide bonds. The molecule has 3 N–H and O–H groups in total. The molecule has 0 aromatic heterocycles. The molecular weight excluding hydrogens is 259 g/mol. The molecule has 3 unspecified atom stereocenters. The fourth-order valence-electron chi connectivity index (χ4n) is 2.25. The Balaban J connectivity index is 1.71. The molecule has 0 radical (unpaired) electrons. The maximum absolute atomic E-state index is 13.6. The highest BCUT2D eigenvalue weighted by molar-refractivity contribution is 5.74. The van der Waals surface area contributed by atoms with E-state index >= 15 is 0 Å². The molecule has 3 atom stereocenters. The number of carbonyl (C=O) groups excluding carboxylic acids is 1. The maximum Gasteiger partial charge on any atom is 0.315 e. The Morgan fingerprint density at radius 3 is 2.95 bits per heavy atom. The summed E-state index contributed by atoms with van der Waals surface area (Å²) in [6.45, 7) is 2.34. The molecule has 4 nitrogen and oxygen atoms in total. The second kappa shape index (κ2) is 6.70. The Bertz CT molecular complexity index is 467. The SMILES string of the molecule is CCC(O)CCNC(=O)NC1CC1c1ccccc1F. The van der Waals surface area contributed by atoms with Gasteiger partial charge in [0, 0.05) is 18.5 Å². The normalized spacial score (nSPS) is 22.1. The van der Waals surface area contributed by atoms with Crippen LogP contribution in [0.25, 0.3) is 0 Å². The molecule has 1 aliphatic rings. The molecule has 1 aliphatic carbocycles. The Hall–Kier alpha value is -1.62. The molecule has 1 aromatic carbocycles. The van der Waals surface area contributed by atoms with Crippen molar-refractivity contribution in [3.05, 3.63) is 35.6 Å². The molecule has 0 saturated heterocycles. The molecule has 1 saturated carbocycles. The van der Waals surface area contributed by atoms with Crippen LogP contribution in [0.5, 0.6) is 0 Å². The van der Waals surface area contributed by atoms with Crippen LogP contribution in [0.1, 0.15) is 37.7 Å². The zero-order chi connectivity index (χ0) is 14.5. The zero-order valence-corrected chi connectivity index (χ0v) is 11.6. The number of nitrogens with one attached hydrogen (secondary N) is 2. The lowest BCUT2D eigenvalue weighted by Crippen LogP contribution is -2.38. The largest absolute Gasteiger partial charge is 0.393 e. The first kappa shape index (κ1) is 14.8. The fourth-order valence-corrected chi connectivity index (χ4v) is 2.25. The third kappa shape index (κ3) is 3.93. The highest BCUT2D eigenvalue weighted by Crippen LogP contribution is 2.41. The van der Waals surface area contributed by atoms with Crippen molar-refractivity contribution in [2.75, 3.05) is 6.54 Å². The van der Waals surface area contributed by atoms with Gasteiger partial charge in [-0.3, -0.25) is 0 Å². The third-order valence-corrected chi connectivity index (χ3v) is 3.65. The Kier molecular flexibility index (Phi) is 4.95. The summed E-state index contributed by atoms with van der Waals surface area (Å²) in [5.41, 5.74) is 0.666. The molecule has 2 rings (SSSR count). The monoisotopic (exact) mass is 280 g/mol. The quantitative estimate of drug-likeness (QED) is 0.747. The summed E-state index contributed by atoms with van der Waals surface area (Å²) in [5.74, 6) is -0.142. The van der Waals surface area contributed by atoms with Gasteiger partial charge in [0.15, 0.2) is 0 Å². The number of aliphatic hydroxyl groups excluding tert-OH is 1. The van der Waals surface area contributed by atoms with E-state index in [1.807, 2.05) is 6.92 Å². The van der Waals surface area contributed by atoms with Crippen molar-refractivity contribution in [2.45, 2.75) is 44.2 Å². The molecule has 110 valence electrons. The Morgan fingerprint density at radius 1 is 1.50 bits per heavy atom. The predicted octanol–water partition coefficient (Wildman–Crippen LogP) is 2.14. The highest BCUT2D eigenvalue weighted by atomic mass is 19.1. The van der Waals surface area contributed by atoms with Gasteiger partial charge in [0.2, 0.25) is 0 Å². The lowest BCUT2D eigenvalue weighted by molar-refractivity contribution is 0.160. The van der Waals surface area contributed by atoms with E-state index in [-0.39, 0.29) is 29.9 Å². The van der Waals surface area contributed by atoms with E-state index in [1.54, 1.807) is 18.2 Å². The van der Waals surface area contributed by atoms with Crippen LogP contribution in [-0.4, -0.2) is 29.8 Å². The summed E-state index contributed by atoms with van der Waals surface area (Å²) in [4.78, 5) is 11.6.